The van der Waals surface area contributed by atoms with Gasteiger partial charge in [-0.05, 0) is 38.2 Å². The Morgan fingerprint density at radius 2 is 2.12 bits per heavy atom. The van der Waals surface area contributed by atoms with Gasteiger partial charge in [-0.25, -0.2) is 4.98 Å². The van der Waals surface area contributed by atoms with Gasteiger partial charge < -0.3 is 9.47 Å². The number of aryl methyl sites for hydroxylation is 1. The van der Waals surface area contributed by atoms with E-state index in [1.54, 1.807) is 0 Å². The first-order valence-corrected chi connectivity index (χ1v) is 9.07. The van der Waals surface area contributed by atoms with Crippen molar-refractivity contribution in [3.8, 4) is 0 Å². The van der Waals surface area contributed by atoms with Crippen LogP contribution in [0.5, 0.6) is 0 Å². The minimum atomic E-state index is 0.269. The Morgan fingerprint density at radius 3 is 2.79 bits per heavy atom. The monoisotopic (exact) mass is 323 g/mol. The number of hydrogen-bond acceptors (Lipinski definition) is 2. The van der Waals surface area contributed by atoms with E-state index in [9.17, 15) is 4.79 Å². The van der Waals surface area contributed by atoms with Crippen molar-refractivity contribution in [2.45, 2.75) is 58.2 Å². The lowest BCUT2D eigenvalue weighted by Crippen LogP contribution is -2.40. The number of aromatic nitrogens is 2. The van der Waals surface area contributed by atoms with Gasteiger partial charge >= 0.3 is 0 Å². The van der Waals surface area contributed by atoms with Gasteiger partial charge in [0.25, 0.3) is 0 Å². The predicted octanol–water partition coefficient (Wildman–Crippen LogP) is 3.53. The van der Waals surface area contributed by atoms with Crippen molar-refractivity contribution in [1.82, 2.24) is 14.5 Å². The van der Waals surface area contributed by atoms with Crippen LogP contribution in [0.25, 0.3) is 0 Å². The van der Waals surface area contributed by atoms with E-state index in [-0.39, 0.29) is 5.92 Å². The number of benzene rings is 1. The zero-order chi connectivity index (χ0) is 16.5. The van der Waals surface area contributed by atoms with Crippen LogP contribution >= 0.6 is 0 Å². The van der Waals surface area contributed by atoms with Crippen molar-refractivity contribution in [1.29, 1.82) is 0 Å². The highest BCUT2D eigenvalue weighted by Gasteiger charge is 2.38. The highest BCUT2D eigenvalue weighted by molar-refractivity contribution is 5.80. The maximum atomic E-state index is 12.7. The largest absolute Gasteiger partial charge is 0.332 e. The van der Waals surface area contributed by atoms with Gasteiger partial charge in [0.1, 0.15) is 5.82 Å². The third-order valence-electron chi connectivity index (χ3n) is 5.27. The van der Waals surface area contributed by atoms with Gasteiger partial charge in [0.15, 0.2) is 0 Å². The minimum absolute atomic E-state index is 0.269. The van der Waals surface area contributed by atoms with E-state index in [4.69, 9.17) is 0 Å². The smallest absolute Gasteiger partial charge is 0.226 e. The van der Waals surface area contributed by atoms with E-state index >= 15 is 0 Å². The van der Waals surface area contributed by atoms with E-state index in [2.05, 4.69) is 45.6 Å². The van der Waals surface area contributed by atoms with Crippen LogP contribution in [0.15, 0.2) is 36.7 Å². The zero-order valence-corrected chi connectivity index (χ0v) is 14.3. The summed E-state index contributed by atoms with van der Waals surface area (Å²) in [6, 6.07) is 9.02. The molecule has 2 aliphatic rings. The number of carbonyl (C=O) groups excluding carboxylic acids is 1. The number of amides is 1. The normalized spacial score (nSPS) is 17.5. The van der Waals surface area contributed by atoms with E-state index in [1.165, 1.54) is 17.5 Å². The van der Waals surface area contributed by atoms with Gasteiger partial charge in [0.05, 0.1) is 6.54 Å². The molecule has 126 valence electrons. The fourth-order valence-corrected chi connectivity index (χ4v) is 3.46. The molecule has 2 fully saturated rings. The number of hydrogen-bond donors (Lipinski definition) is 0. The Hall–Kier alpha value is -2.10. The van der Waals surface area contributed by atoms with Crippen LogP contribution in [-0.2, 0) is 17.9 Å². The second-order valence-corrected chi connectivity index (χ2v) is 7.29. The molecule has 0 aliphatic heterocycles. The third kappa shape index (κ3) is 3.23. The topological polar surface area (TPSA) is 38.1 Å². The van der Waals surface area contributed by atoms with Crippen molar-refractivity contribution in [2.75, 3.05) is 0 Å². The van der Waals surface area contributed by atoms with Gasteiger partial charge in [0.2, 0.25) is 5.91 Å². The summed E-state index contributed by atoms with van der Waals surface area (Å²) in [5.41, 5.74) is 2.55. The zero-order valence-electron chi connectivity index (χ0n) is 14.3. The summed E-state index contributed by atoms with van der Waals surface area (Å²) >= 11 is 0. The molecule has 4 heteroatoms. The highest BCUT2D eigenvalue weighted by atomic mass is 16.2. The molecular formula is C20H25N3O. The Balaban J connectivity index is 1.49. The summed E-state index contributed by atoms with van der Waals surface area (Å²) < 4.78 is 2.18. The maximum Gasteiger partial charge on any atom is 0.226 e. The molecule has 2 aliphatic carbocycles. The van der Waals surface area contributed by atoms with Crippen LogP contribution in [-0.4, -0.2) is 26.4 Å². The first-order valence-electron chi connectivity index (χ1n) is 9.07. The minimum Gasteiger partial charge on any atom is -0.332 e. The molecule has 24 heavy (non-hydrogen) atoms. The average molecular weight is 323 g/mol. The Morgan fingerprint density at radius 1 is 1.29 bits per heavy atom. The number of carbonyl (C=O) groups is 1. The molecule has 2 aromatic rings. The first-order chi connectivity index (χ1) is 11.7. The van der Waals surface area contributed by atoms with Crippen molar-refractivity contribution in [3.05, 3.63) is 53.6 Å². The molecule has 0 atom stereocenters. The summed E-state index contributed by atoms with van der Waals surface area (Å²) in [5, 5.41) is 0. The van der Waals surface area contributed by atoms with Gasteiger partial charge in [-0.15, -0.1) is 0 Å². The predicted molar refractivity (Wildman–Crippen MR) is 93.4 cm³/mol. The molecule has 4 nitrogen and oxygen atoms in total. The van der Waals surface area contributed by atoms with Gasteiger partial charge in [-0.3, -0.25) is 4.79 Å². The van der Waals surface area contributed by atoms with Crippen molar-refractivity contribution < 1.29 is 4.79 Å². The number of rotatable bonds is 6. The number of imidazole rings is 1. The average Bonchev–Trinajstić information content (AvgIpc) is 3.25. The molecule has 1 heterocycles. The summed E-state index contributed by atoms with van der Waals surface area (Å²) in [6.45, 7) is 3.58. The molecule has 0 N–H and O–H groups in total. The van der Waals surface area contributed by atoms with E-state index in [0.29, 0.717) is 18.5 Å². The lowest BCUT2D eigenvalue weighted by molar-refractivity contribution is -0.139. The van der Waals surface area contributed by atoms with Crippen LogP contribution in [0.2, 0.25) is 0 Å². The molecule has 1 aromatic carbocycles. The SMILES string of the molecule is Cc1cccc(Cn2ccnc2CN(C(=O)C2CCC2)C2CC2)c1. The molecule has 4 rings (SSSR count). The van der Waals surface area contributed by atoms with Crippen LogP contribution in [0, 0.1) is 12.8 Å². The van der Waals surface area contributed by atoms with Crippen LogP contribution in [0.1, 0.15) is 49.1 Å². The molecule has 2 saturated carbocycles. The third-order valence-corrected chi connectivity index (χ3v) is 5.27. The van der Waals surface area contributed by atoms with Crippen LogP contribution < -0.4 is 0 Å². The molecule has 1 aromatic heterocycles. The summed E-state index contributed by atoms with van der Waals surface area (Å²) in [4.78, 5) is 19.4. The van der Waals surface area contributed by atoms with E-state index in [1.807, 2.05) is 12.4 Å². The molecule has 0 radical (unpaired) electrons. The second kappa shape index (κ2) is 6.42. The lowest BCUT2D eigenvalue weighted by Gasteiger charge is -2.31. The van der Waals surface area contributed by atoms with E-state index in [0.717, 1.165) is 38.1 Å². The van der Waals surface area contributed by atoms with Gasteiger partial charge in [-0.1, -0.05) is 36.2 Å². The van der Waals surface area contributed by atoms with Crippen LogP contribution in [0.4, 0.5) is 0 Å². The summed E-state index contributed by atoms with van der Waals surface area (Å²) in [6.07, 6.45) is 9.52. The Kier molecular flexibility index (Phi) is 4.13. The molecule has 0 unspecified atom stereocenters. The molecule has 0 bridgehead atoms. The van der Waals surface area contributed by atoms with Crippen molar-refractivity contribution in [2.24, 2.45) is 5.92 Å². The lowest BCUT2D eigenvalue weighted by atomic mass is 9.84. The van der Waals surface area contributed by atoms with E-state index < -0.39 is 0 Å². The standard InChI is InChI=1S/C20H25N3O/c1-15-4-2-5-16(12-15)13-22-11-10-21-19(22)14-23(18-8-9-18)20(24)17-6-3-7-17/h2,4-5,10-12,17-18H,3,6-9,13-14H2,1H3. The summed E-state index contributed by atoms with van der Waals surface area (Å²) in [7, 11) is 0. The number of nitrogens with zero attached hydrogens (tertiary/aromatic N) is 3. The van der Waals surface area contributed by atoms with Gasteiger partial charge in [0, 0.05) is 30.9 Å². The van der Waals surface area contributed by atoms with Crippen molar-refractivity contribution >= 4 is 5.91 Å². The molecule has 0 saturated heterocycles. The first kappa shape index (κ1) is 15.4. The Labute approximate surface area is 143 Å². The van der Waals surface area contributed by atoms with Gasteiger partial charge in [-0.2, -0.15) is 0 Å². The van der Waals surface area contributed by atoms with Crippen LogP contribution in [0.3, 0.4) is 0 Å². The fourth-order valence-electron chi connectivity index (χ4n) is 3.46. The Bertz CT molecular complexity index is 728. The van der Waals surface area contributed by atoms with Crippen molar-refractivity contribution in [3.63, 3.8) is 0 Å². The highest BCUT2D eigenvalue weighted by Crippen LogP contribution is 2.34. The molecule has 1 amide bonds. The molecule has 0 spiro atoms. The fraction of sp³-hybridized carbons (Fsp3) is 0.500. The summed E-state index contributed by atoms with van der Waals surface area (Å²) in [5.74, 6) is 1.62. The molecular weight excluding hydrogens is 298 g/mol. The maximum absolute atomic E-state index is 12.7. The second-order valence-electron chi connectivity index (χ2n) is 7.29. The quantitative estimate of drug-likeness (QED) is 0.815.